The summed E-state index contributed by atoms with van der Waals surface area (Å²) in [5.41, 5.74) is 0.167. The van der Waals surface area contributed by atoms with E-state index in [0.717, 1.165) is 25.5 Å². The van der Waals surface area contributed by atoms with Crippen LogP contribution in [0, 0.1) is 17.0 Å². The first-order valence-electron chi connectivity index (χ1n) is 6.94. The third-order valence-corrected chi connectivity index (χ3v) is 3.77. The molecule has 0 radical (unpaired) electrons. The maximum Gasteiger partial charge on any atom is 0.227 e. The van der Waals surface area contributed by atoms with E-state index in [1.165, 1.54) is 12.1 Å². The minimum absolute atomic E-state index is 0.00146. The number of hydrogen-bond acceptors (Lipinski definition) is 2. The van der Waals surface area contributed by atoms with E-state index in [2.05, 4.69) is 10.6 Å². The van der Waals surface area contributed by atoms with Gasteiger partial charge in [-0.2, -0.15) is 0 Å². The van der Waals surface area contributed by atoms with E-state index in [4.69, 9.17) is 0 Å². The van der Waals surface area contributed by atoms with Crippen molar-refractivity contribution in [3.05, 3.63) is 35.4 Å². The highest BCUT2D eigenvalue weighted by atomic mass is 19.1. The van der Waals surface area contributed by atoms with Crippen LogP contribution in [0.15, 0.2) is 18.2 Å². The zero-order valence-corrected chi connectivity index (χ0v) is 11.6. The molecule has 0 bridgehead atoms. The number of piperidine rings is 1. The summed E-state index contributed by atoms with van der Waals surface area (Å²) in [6.45, 7) is 3.95. The Balaban J connectivity index is 1.84. The summed E-state index contributed by atoms with van der Waals surface area (Å²) in [5.74, 6) is -1.17. The van der Waals surface area contributed by atoms with Crippen molar-refractivity contribution in [1.82, 2.24) is 10.6 Å². The molecule has 110 valence electrons. The number of rotatable bonds is 4. The van der Waals surface area contributed by atoms with Gasteiger partial charge in [-0.1, -0.05) is 0 Å². The molecule has 1 amide bonds. The fraction of sp³-hybridized carbons (Fsp3) is 0.533. The number of amides is 1. The van der Waals surface area contributed by atoms with Crippen LogP contribution < -0.4 is 10.6 Å². The second kappa shape index (κ2) is 6.31. The van der Waals surface area contributed by atoms with Crippen molar-refractivity contribution in [3.63, 3.8) is 0 Å². The van der Waals surface area contributed by atoms with Gasteiger partial charge >= 0.3 is 0 Å². The molecule has 0 aromatic heterocycles. The molecule has 2 rings (SSSR count). The van der Waals surface area contributed by atoms with Crippen molar-refractivity contribution in [1.29, 1.82) is 0 Å². The maximum absolute atomic E-state index is 13.0. The van der Waals surface area contributed by atoms with Crippen LogP contribution in [0.25, 0.3) is 0 Å². The van der Waals surface area contributed by atoms with E-state index >= 15 is 0 Å². The first-order valence-corrected chi connectivity index (χ1v) is 6.94. The van der Waals surface area contributed by atoms with Crippen molar-refractivity contribution >= 4 is 5.91 Å². The van der Waals surface area contributed by atoms with Crippen molar-refractivity contribution in [2.24, 2.45) is 5.41 Å². The van der Waals surface area contributed by atoms with Gasteiger partial charge in [-0.05, 0) is 50.4 Å². The van der Waals surface area contributed by atoms with Crippen molar-refractivity contribution in [2.75, 3.05) is 19.6 Å². The van der Waals surface area contributed by atoms with Gasteiger partial charge in [0.25, 0.3) is 0 Å². The highest BCUT2D eigenvalue weighted by Gasteiger charge is 2.34. The second-order valence-electron chi connectivity index (χ2n) is 5.62. The molecule has 1 aromatic rings. The predicted molar refractivity (Wildman–Crippen MR) is 73.3 cm³/mol. The Morgan fingerprint density at radius 3 is 2.65 bits per heavy atom. The monoisotopic (exact) mass is 282 g/mol. The highest BCUT2D eigenvalue weighted by molar-refractivity contribution is 5.82. The van der Waals surface area contributed by atoms with E-state index in [-0.39, 0.29) is 11.3 Å². The molecule has 1 saturated heterocycles. The average molecular weight is 282 g/mol. The van der Waals surface area contributed by atoms with Crippen LogP contribution >= 0.6 is 0 Å². The fourth-order valence-electron chi connectivity index (χ4n) is 2.54. The molecule has 5 heteroatoms. The molecule has 1 unspecified atom stereocenters. The molecule has 0 spiro atoms. The van der Waals surface area contributed by atoms with Crippen LogP contribution in [0.4, 0.5) is 8.78 Å². The topological polar surface area (TPSA) is 41.1 Å². The standard InChI is InChI=1S/C15H20F2N2O/c1-15(4-2-5-18-10-15)14(20)19-6-3-11-7-12(16)9-13(17)8-11/h7-9,18H,2-6,10H2,1H3,(H,19,20). The van der Waals surface area contributed by atoms with E-state index in [9.17, 15) is 13.6 Å². The summed E-state index contributed by atoms with van der Waals surface area (Å²) in [6, 6.07) is 3.43. The number of benzene rings is 1. The van der Waals surface area contributed by atoms with Gasteiger partial charge in [0.05, 0.1) is 5.41 Å². The summed E-state index contributed by atoms with van der Waals surface area (Å²) in [5, 5.41) is 6.08. The lowest BCUT2D eigenvalue weighted by Crippen LogP contribution is -2.49. The van der Waals surface area contributed by atoms with Crippen LogP contribution in [0.5, 0.6) is 0 Å². The number of hydrogen-bond donors (Lipinski definition) is 2. The van der Waals surface area contributed by atoms with Gasteiger partial charge in [0.15, 0.2) is 0 Å². The molecule has 1 heterocycles. The van der Waals surface area contributed by atoms with Gasteiger partial charge in [0.1, 0.15) is 11.6 Å². The van der Waals surface area contributed by atoms with Gasteiger partial charge in [0, 0.05) is 19.2 Å². The summed E-state index contributed by atoms with van der Waals surface area (Å²) < 4.78 is 26.1. The predicted octanol–water partition coefficient (Wildman–Crippen LogP) is 2.01. The molecule has 1 aliphatic heterocycles. The van der Waals surface area contributed by atoms with Crippen molar-refractivity contribution in [2.45, 2.75) is 26.2 Å². The number of carbonyl (C=O) groups is 1. The zero-order valence-electron chi connectivity index (χ0n) is 11.6. The Morgan fingerprint density at radius 1 is 1.35 bits per heavy atom. The Morgan fingerprint density at radius 2 is 2.05 bits per heavy atom. The van der Waals surface area contributed by atoms with Crippen LogP contribution in [-0.4, -0.2) is 25.5 Å². The Hall–Kier alpha value is -1.49. The minimum atomic E-state index is -0.588. The third kappa shape index (κ3) is 3.76. The molecule has 1 fully saturated rings. The van der Waals surface area contributed by atoms with E-state index in [0.29, 0.717) is 25.1 Å². The summed E-state index contributed by atoms with van der Waals surface area (Å²) >= 11 is 0. The van der Waals surface area contributed by atoms with Gasteiger partial charge in [-0.25, -0.2) is 8.78 Å². The van der Waals surface area contributed by atoms with Crippen molar-refractivity contribution < 1.29 is 13.6 Å². The first kappa shape index (κ1) is 14.9. The zero-order chi connectivity index (χ0) is 14.6. The van der Waals surface area contributed by atoms with Crippen LogP contribution in [0.3, 0.4) is 0 Å². The van der Waals surface area contributed by atoms with E-state index in [1.807, 2.05) is 6.92 Å². The molecule has 1 atom stereocenters. The molecule has 1 aliphatic rings. The number of carbonyl (C=O) groups excluding carboxylic acids is 1. The van der Waals surface area contributed by atoms with Crippen LogP contribution in [0.1, 0.15) is 25.3 Å². The summed E-state index contributed by atoms with van der Waals surface area (Å²) in [7, 11) is 0. The lowest BCUT2D eigenvalue weighted by molar-refractivity contribution is -0.131. The second-order valence-corrected chi connectivity index (χ2v) is 5.62. The Bertz CT molecular complexity index is 465. The first-order chi connectivity index (χ1) is 9.49. The molecular weight excluding hydrogens is 262 g/mol. The Labute approximate surface area is 117 Å². The normalized spacial score (nSPS) is 22.6. The molecule has 20 heavy (non-hydrogen) atoms. The number of halogens is 2. The van der Waals surface area contributed by atoms with Crippen LogP contribution in [-0.2, 0) is 11.2 Å². The molecule has 2 N–H and O–H groups in total. The third-order valence-electron chi connectivity index (χ3n) is 3.77. The quantitative estimate of drug-likeness (QED) is 0.887. The van der Waals surface area contributed by atoms with Crippen molar-refractivity contribution in [3.8, 4) is 0 Å². The SMILES string of the molecule is CC1(C(=O)NCCc2cc(F)cc(F)c2)CCCNC1. The summed E-state index contributed by atoms with van der Waals surface area (Å²) in [6.07, 6.45) is 2.27. The minimum Gasteiger partial charge on any atom is -0.355 e. The smallest absolute Gasteiger partial charge is 0.227 e. The maximum atomic E-state index is 13.0. The van der Waals surface area contributed by atoms with E-state index < -0.39 is 11.6 Å². The molecule has 3 nitrogen and oxygen atoms in total. The molecule has 0 aliphatic carbocycles. The van der Waals surface area contributed by atoms with Gasteiger partial charge in [-0.15, -0.1) is 0 Å². The van der Waals surface area contributed by atoms with Gasteiger partial charge < -0.3 is 10.6 Å². The number of nitrogens with one attached hydrogen (secondary N) is 2. The lowest BCUT2D eigenvalue weighted by Gasteiger charge is -2.32. The fourth-order valence-corrected chi connectivity index (χ4v) is 2.54. The van der Waals surface area contributed by atoms with Gasteiger partial charge in [-0.3, -0.25) is 4.79 Å². The lowest BCUT2D eigenvalue weighted by atomic mass is 9.82. The van der Waals surface area contributed by atoms with Crippen LogP contribution in [0.2, 0.25) is 0 Å². The molecular formula is C15H20F2N2O. The van der Waals surface area contributed by atoms with E-state index in [1.54, 1.807) is 0 Å². The largest absolute Gasteiger partial charge is 0.355 e. The Kier molecular flexibility index (Phi) is 4.70. The highest BCUT2D eigenvalue weighted by Crippen LogP contribution is 2.25. The summed E-state index contributed by atoms with van der Waals surface area (Å²) in [4.78, 5) is 12.1. The molecule has 1 aromatic carbocycles. The van der Waals surface area contributed by atoms with Gasteiger partial charge in [0.2, 0.25) is 5.91 Å². The average Bonchev–Trinajstić information content (AvgIpc) is 2.38. The molecule has 0 saturated carbocycles.